The fourth-order valence-corrected chi connectivity index (χ4v) is 4.97. The lowest BCUT2D eigenvalue weighted by atomic mass is 10.0. The Balaban J connectivity index is 1.75. The van der Waals surface area contributed by atoms with E-state index in [4.69, 9.17) is 0 Å². The van der Waals surface area contributed by atoms with Crippen LogP contribution < -0.4 is 0 Å². The Kier molecular flexibility index (Phi) is 3.39. The van der Waals surface area contributed by atoms with Gasteiger partial charge in [0.05, 0.1) is 24.2 Å². The van der Waals surface area contributed by atoms with Gasteiger partial charge in [-0.3, -0.25) is 0 Å². The van der Waals surface area contributed by atoms with Crippen molar-refractivity contribution < 1.29 is 13.5 Å². The van der Waals surface area contributed by atoms with Crippen molar-refractivity contribution in [3.8, 4) is 0 Å². The minimum absolute atomic E-state index is 0.185. The maximum atomic E-state index is 11.7. The molecule has 1 aromatic rings. The third kappa shape index (κ3) is 2.84. The van der Waals surface area contributed by atoms with Gasteiger partial charge in [-0.15, -0.1) is 0 Å². The zero-order valence-corrected chi connectivity index (χ0v) is 11.8. The Labute approximate surface area is 113 Å². The number of hydrogen-bond acceptors (Lipinski definition) is 4. The highest BCUT2D eigenvalue weighted by atomic mass is 32.2. The Morgan fingerprint density at radius 3 is 3.05 bits per heavy atom. The van der Waals surface area contributed by atoms with Crippen molar-refractivity contribution in [3.05, 3.63) is 17.7 Å². The van der Waals surface area contributed by atoms with Crippen molar-refractivity contribution in [1.82, 2.24) is 9.55 Å². The maximum absolute atomic E-state index is 11.7. The molecule has 2 aliphatic rings. The number of aliphatic hydroxyl groups is 1. The predicted octanol–water partition coefficient (Wildman–Crippen LogP) is 0.557. The highest BCUT2D eigenvalue weighted by Crippen LogP contribution is 2.24. The highest BCUT2D eigenvalue weighted by molar-refractivity contribution is 7.91. The summed E-state index contributed by atoms with van der Waals surface area (Å²) in [5, 5.41) is 9.74. The standard InChI is InChI=1S/C13H20N2O3S/c16-12-4-3-11-7-14-13(15(11)8-12)6-10-2-1-5-19(17,18)9-10/h7,10,12,16H,1-6,8-9H2. The summed E-state index contributed by atoms with van der Waals surface area (Å²) in [4.78, 5) is 4.43. The number of sulfone groups is 1. The monoisotopic (exact) mass is 284 g/mol. The lowest BCUT2D eigenvalue weighted by Crippen LogP contribution is -2.29. The van der Waals surface area contributed by atoms with E-state index in [2.05, 4.69) is 9.55 Å². The quantitative estimate of drug-likeness (QED) is 0.861. The molecule has 3 rings (SSSR count). The van der Waals surface area contributed by atoms with Gasteiger partial charge in [0.2, 0.25) is 0 Å². The minimum Gasteiger partial charge on any atom is -0.391 e. The third-order valence-corrected chi connectivity index (χ3v) is 6.07. The first kappa shape index (κ1) is 13.1. The molecular weight excluding hydrogens is 264 g/mol. The van der Waals surface area contributed by atoms with Crippen LogP contribution in [0.3, 0.4) is 0 Å². The molecule has 6 heteroatoms. The number of aliphatic hydroxyl groups excluding tert-OH is 1. The second-order valence-electron chi connectivity index (χ2n) is 5.80. The Morgan fingerprint density at radius 1 is 1.42 bits per heavy atom. The van der Waals surface area contributed by atoms with Gasteiger partial charge >= 0.3 is 0 Å². The first-order chi connectivity index (χ1) is 9.03. The van der Waals surface area contributed by atoms with Gasteiger partial charge in [0, 0.05) is 18.3 Å². The first-order valence-electron chi connectivity index (χ1n) is 6.95. The number of aromatic nitrogens is 2. The normalized spacial score (nSPS) is 29.9. The second kappa shape index (κ2) is 4.90. The van der Waals surface area contributed by atoms with E-state index < -0.39 is 9.84 Å². The van der Waals surface area contributed by atoms with Crippen LogP contribution >= 0.6 is 0 Å². The molecule has 3 heterocycles. The van der Waals surface area contributed by atoms with Crippen molar-refractivity contribution in [2.45, 2.75) is 44.8 Å². The van der Waals surface area contributed by atoms with Crippen molar-refractivity contribution in [2.24, 2.45) is 5.92 Å². The van der Waals surface area contributed by atoms with Gasteiger partial charge in [0.15, 0.2) is 9.84 Å². The van der Waals surface area contributed by atoms with Crippen LogP contribution in [0.15, 0.2) is 6.20 Å². The van der Waals surface area contributed by atoms with Crippen LogP contribution in [-0.2, 0) is 29.2 Å². The number of aryl methyl sites for hydroxylation is 1. The van der Waals surface area contributed by atoms with E-state index in [0.717, 1.165) is 31.5 Å². The highest BCUT2D eigenvalue weighted by Gasteiger charge is 2.27. The van der Waals surface area contributed by atoms with Crippen LogP contribution in [0.25, 0.3) is 0 Å². The number of fused-ring (bicyclic) bond motifs is 1. The molecule has 0 aromatic carbocycles. The molecule has 0 aliphatic carbocycles. The average Bonchev–Trinajstić information content (AvgIpc) is 2.71. The van der Waals surface area contributed by atoms with E-state index in [9.17, 15) is 13.5 Å². The molecule has 19 heavy (non-hydrogen) atoms. The van der Waals surface area contributed by atoms with E-state index in [-0.39, 0.29) is 17.8 Å². The van der Waals surface area contributed by atoms with Gasteiger partial charge in [0.25, 0.3) is 0 Å². The fourth-order valence-electron chi connectivity index (χ4n) is 3.19. The Hall–Kier alpha value is -0.880. The summed E-state index contributed by atoms with van der Waals surface area (Å²) in [6, 6.07) is 0. The number of hydrogen-bond donors (Lipinski definition) is 1. The summed E-state index contributed by atoms with van der Waals surface area (Å²) in [6.07, 6.45) is 5.67. The maximum Gasteiger partial charge on any atom is 0.150 e. The van der Waals surface area contributed by atoms with E-state index in [1.807, 2.05) is 6.20 Å². The zero-order chi connectivity index (χ0) is 13.5. The molecule has 0 saturated carbocycles. The summed E-state index contributed by atoms with van der Waals surface area (Å²) < 4.78 is 25.4. The number of imidazole rings is 1. The van der Waals surface area contributed by atoms with Crippen molar-refractivity contribution in [1.29, 1.82) is 0 Å². The molecule has 0 spiro atoms. The number of rotatable bonds is 2. The molecular formula is C13H20N2O3S. The van der Waals surface area contributed by atoms with Crippen molar-refractivity contribution >= 4 is 9.84 Å². The molecule has 1 aromatic heterocycles. The molecule has 1 saturated heterocycles. The van der Waals surface area contributed by atoms with Crippen LogP contribution in [0.4, 0.5) is 0 Å². The van der Waals surface area contributed by atoms with Crippen LogP contribution in [0.5, 0.6) is 0 Å². The third-order valence-electron chi connectivity index (χ3n) is 4.18. The van der Waals surface area contributed by atoms with Crippen molar-refractivity contribution in [2.75, 3.05) is 11.5 Å². The molecule has 106 valence electrons. The summed E-state index contributed by atoms with van der Waals surface area (Å²) in [5.41, 5.74) is 1.17. The van der Waals surface area contributed by atoms with Crippen LogP contribution in [-0.4, -0.2) is 40.7 Å². The van der Waals surface area contributed by atoms with E-state index >= 15 is 0 Å². The molecule has 0 radical (unpaired) electrons. The smallest absolute Gasteiger partial charge is 0.150 e. The Morgan fingerprint density at radius 2 is 2.26 bits per heavy atom. The average molecular weight is 284 g/mol. The van der Waals surface area contributed by atoms with Crippen LogP contribution in [0.2, 0.25) is 0 Å². The largest absolute Gasteiger partial charge is 0.391 e. The van der Waals surface area contributed by atoms with E-state index in [1.165, 1.54) is 5.69 Å². The molecule has 2 aliphatic heterocycles. The van der Waals surface area contributed by atoms with Gasteiger partial charge in [-0.25, -0.2) is 13.4 Å². The topological polar surface area (TPSA) is 72.2 Å². The van der Waals surface area contributed by atoms with Crippen LogP contribution in [0, 0.1) is 5.92 Å². The summed E-state index contributed by atoms with van der Waals surface area (Å²) in [5.74, 6) is 1.75. The zero-order valence-electron chi connectivity index (χ0n) is 11.0. The van der Waals surface area contributed by atoms with Gasteiger partial charge in [-0.05, 0) is 31.6 Å². The van der Waals surface area contributed by atoms with Crippen LogP contribution in [0.1, 0.15) is 30.8 Å². The summed E-state index contributed by atoms with van der Waals surface area (Å²) in [7, 11) is -2.85. The molecule has 0 amide bonds. The molecule has 0 bridgehead atoms. The van der Waals surface area contributed by atoms with E-state index in [0.29, 0.717) is 18.7 Å². The second-order valence-corrected chi connectivity index (χ2v) is 8.02. The molecule has 2 unspecified atom stereocenters. The minimum atomic E-state index is -2.85. The van der Waals surface area contributed by atoms with Gasteiger partial charge in [-0.1, -0.05) is 0 Å². The number of nitrogens with zero attached hydrogens (tertiary/aromatic N) is 2. The van der Waals surface area contributed by atoms with Gasteiger partial charge in [-0.2, -0.15) is 0 Å². The van der Waals surface area contributed by atoms with Gasteiger partial charge in [0.1, 0.15) is 5.82 Å². The SMILES string of the molecule is O=S1(=O)CCCC(Cc2ncc3n2CC(O)CC3)C1. The summed E-state index contributed by atoms with van der Waals surface area (Å²) >= 11 is 0. The molecule has 1 N–H and O–H groups in total. The molecule has 1 fully saturated rings. The predicted molar refractivity (Wildman–Crippen MR) is 71.6 cm³/mol. The lowest BCUT2D eigenvalue weighted by molar-refractivity contribution is 0.129. The fraction of sp³-hybridized carbons (Fsp3) is 0.769. The van der Waals surface area contributed by atoms with E-state index in [1.54, 1.807) is 0 Å². The molecule has 2 atom stereocenters. The molecule has 5 nitrogen and oxygen atoms in total. The summed E-state index contributed by atoms with van der Waals surface area (Å²) in [6.45, 7) is 0.601. The Bertz CT molecular complexity index is 564. The lowest BCUT2D eigenvalue weighted by Gasteiger charge is -2.25. The first-order valence-corrected chi connectivity index (χ1v) is 8.77. The van der Waals surface area contributed by atoms with Crippen molar-refractivity contribution in [3.63, 3.8) is 0 Å². The van der Waals surface area contributed by atoms with Gasteiger partial charge < -0.3 is 9.67 Å².